The summed E-state index contributed by atoms with van der Waals surface area (Å²) in [5, 5.41) is 19.7. The summed E-state index contributed by atoms with van der Waals surface area (Å²) < 4.78 is 13.7. The Balaban J connectivity index is 1.89. The molecule has 21 heavy (non-hydrogen) atoms. The SMILES string of the molecule is CC(O)CN1CCN(CC(O)c2ccccc2F)CC1C. The van der Waals surface area contributed by atoms with E-state index in [1.807, 2.05) is 0 Å². The van der Waals surface area contributed by atoms with Gasteiger partial charge in [-0.2, -0.15) is 0 Å². The van der Waals surface area contributed by atoms with Gasteiger partial charge in [-0.1, -0.05) is 18.2 Å². The minimum absolute atomic E-state index is 0.321. The molecule has 118 valence electrons. The van der Waals surface area contributed by atoms with Crippen molar-refractivity contribution in [3.8, 4) is 0 Å². The second-order valence-electron chi connectivity index (χ2n) is 5.99. The van der Waals surface area contributed by atoms with Crippen molar-refractivity contribution in [2.45, 2.75) is 32.1 Å². The molecule has 0 aromatic heterocycles. The summed E-state index contributed by atoms with van der Waals surface area (Å²) in [7, 11) is 0. The highest BCUT2D eigenvalue weighted by atomic mass is 19.1. The first-order valence-electron chi connectivity index (χ1n) is 7.54. The van der Waals surface area contributed by atoms with E-state index in [0.717, 1.165) is 19.6 Å². The molecule has 3 atom stereocenters. The number of hydrogen-bond acceptors (Lipinski definition) is 4. The molecule has 2 N–H and O–H groups in total. The molecule has 0 radical (unpaired) electrons. The number of nitrogens with zero attached hydrogens (tertiary/aromatic N) is 2. The lowest BCUT2D eigenvalue weighted by Crippen LogP contribution is -2.54. The minimum Gasteiger partial charge on any atom is -0.392 e. The molecule has 1 heterocycles. The van der Waals surface area contributed by atoms with Crippen LogP contribution in [0.4, 0.5) is 4.39 Å². The molecule has 0 bridgehead atoms. The van der Waals surface area contributed by atoms with Gasteiger partial charge in [-0.25, -0.2) is 4.39 Å². The van der Waals surface area contributed by atoms with Crippen LogP contribution in [0.2, 0.25) is 0 Å². The lowest BCUT2D eigenvalue weighted by Gasteiger charge is -2.41. The molecule has 0 amide bonds. The fraction of sp³-hybridized carbons (Fsp3) is 0.625. The van der Waals surface area contributed by atoms with Crippen LogP contribution in [0.3, 0.4) is 0 Å². The Morgan fingerprint density at radius 2 is 1.95 bits per heavy atom. The Labute approximate surface area is 125 Å². The summed E-state index contributed by atoms with van der Waals surface area (Å²) in [4.78, 5) is 4.40. The number of aliphatic hydroxyl groups is 2. The summed E-state index contributed by atoms with van der Waals surface area (Å²) in [5.41, 5.74) is 0.358. The van der Waals surface area contributed by atoms with Crippen molar-refractivity contribution in [1.82, 2.24) is 9.80 Å². The summed E-state index contributed by atoms with van der Waals surface area (Å²) in [5.74, 6) is -0.356. The predicted octanol–water partition coefficient (Wildman–Crippen LogP) is 1.25. The van der Waals surface area contributed by atoms with Crippen LogP contribution in [-0.4, -0.2) is 64.9 Å². The minimum atomic E-state index is -0.804. The highest BCUT2D eigenvalue weighted by Crippen LogP contribution is 2.19. The van der Waals surface area contributed by atoms with E-state index in [2.05, 4.69) is 16.7 Å². The van der Waals surface area contributed by atoms with E-state index >= 15 is 0 Å². The van der Waals surface area contributed by atoms with Crippen molar-refractivity contribution >= 4 is 0 Å². The van der Waals surface area contributed by atoms with Crippen LogP contribution in [0.25, 0.3) is 0 Å². The summed E-state index contributed by atoms with van der Waals surface area (Å²) in [6.07, 6.45) is -1.13. The van der Waals surface area contributed by atoms with Crippen molar-refractivity contribution in [3.05, 3.63) is 35.6 Å². The summed E-state index contributed by atoms with van der Waals surface area (Å²) >= 11 is 0. The first-order valence-corrected chi connectivity index (χ1v) is 7.54. The molecule has 0 aliphatic carbocycles. The normalized spacial score (nSPS) is 24.0. The van der Waals surface area contributed by atoms with Gasteiger partial charge in [0.2, 0.25) is 0 Å². The zero-order chi connectivity index (χ0) is 15.4. The maximum atomic E-state index is 13.7. The van der Waals surface area contributed by atoms with Crippen LogP contribution in [0.15, 0.2) is 24.3 Å². The van der Waals surface area contributed by atoms with Gasteiger partial charge in [0, 0.05) is 44.3 Å². The molecule has 1 fully saturated rings. The molecule has 4 nitrogen and oxygen atoms in total. The molecule has 1 saturated heterocycles. The highest BCUT2D eigenvalue weighted by molar-refractivity contribution is 5.20. The average Bonchev–Trinajstić information content (AvgIpc) is 2.42. The zero-order valence-corrected chi connectivity index (χ0v) is 12.7. The van der Waals surface area contributed by atoms with Crippen molar-refractivity contribution in [2.24, 2.45) is 0 Å². The van der Waals surface area contributed by atoms with E-state index in [-0.39, 0.29) is 11.9 Å². The lowest BCUT2D eigenvalue weighted by molar-refractivity contribution is 0.0234. The largest absolute Gasteiger partial charge is 0.392 e. The Kier molecular flexibility index (Phi) is 5.70. The molecule has 1 aromatic carbocycles. The van der Waals surface area contributed by atoms with Gasteiger partial charge in [0.1, 0.15) is 5.82 Å². The van der Waals surface area contributed by atoms with E-state index in [1.54, 1.807) is 25.1 Å². The zero-order valence-electron chi connectivity index (χ0n) is 12.7. The highest BCUT2D eigenvalue weighted by Gasteiger charge is 2.26. The van der Waals surface area contributed by atoms with E-state index in [9.17, 15) is 14.6 Å². The van der Waals surface area contributed by atoms with Gasteiger partial charge in [0.05, 0.1) is 12.2 Å². The van der Waals surface area contributed by atoms with E-state index in [0.29, 0.717) is 24.7 Å². The summed E-state index contributed by atoms with van der Waals surface area (Å²) in [6, 6.07) is 6.70. The van der Waals surface area contributed by atoms with Crippen molar-refractivity contribution in [2.75, 3.05) is 32.7 Å². The van der Waals surface area contributed by atoms with Crippen LogP contribution in [0.1, 0.15) is 25.5 Å². The van der Waals surface area contributed by atoms with E-state index in [1.165, 1.54) is 6.07 Å². The third-order valence-electron chi connectivity index (χ3n) is 4.04. The smallest absolute Gasteiger partial charge is 0.129 e. The topological polar surface area (TPSA) is 46.9 Å². The number of halogens is 1. The molecule has 0 spiro atoms. The Morgan fingerprint density at radius 1 is 1.24 bits per heavy atom. The molecule has 1 aliphatic rings. The maximum Gasteiger partial charge on any atom is 0.129 e. The third kappa shape index (κ3) is 4.48. The van der Waals surface area contributed by atoms with E-state index < -0.39 is 6.10 Å². The lowest BCUT2D eigenvalue weighted by atomic mass is 10.1. The number of β-amino-alcohol motifs (C(OH)–C–C–N with tert-alkyl or cyclic N) is 2. The molecule has 0 saturated carbocycles. The van der Waals surface area contributed by atoms with Crippen LogP contribution < -0.4 is 0 Å². The average molecular weight is 296 g/mol. The number of piperazine rings is 1. The Morgan fingerprint density at radius 3 is 2.57 bits per heavy atom. The number of rotatable bonds is 5. The Hall–Kier alpha value is -1.01. The number of hydrogen-bond donors (Lipinski definition) is 2. The van der Waals surface area contributed by atoms with Gasteiger partial charge in [-0.3, -0.25) is 9.80 Å². The molecule has 1 aromatic rings. The summed E-state index contributed by atoms with van der Waals surface area (Å²) in [6.45, 7) is 7.51. The predicted molar refractivity (Wildman–Crippen MR) is 80.5 cm³/mol. The monoisotopic (exact) mass is 296 g/mol. The van der Waals surface area contributed by atoms with Gasteiger partial charge in [0.15, 0.2) is 0 Å². The van der Waals surface area contributed by atoms with Gasteiger partial charge < -0.3 is 10.2 Å². The maximum absolute atomic E-state index is 13.7. The quantitative estimate of drug-likeness (QED) is 0.858. The fourth-order valence-corrected chi connectivity index (χ4v) is 2.94. The van der Waals surface area contributed by atoms with Crippen LogP contribution in [0.5, 0.6) is 0 Å². The number of aliphatic hydroxyl groups excluding tert-OH is 2. The molecular formula is C16H25FN2O2. The van der Waals surface area contributed by atoms with Crippen molar-refractivity contribution < 1.29 is 14.6 Å². The first-order chi connectivity index (χ1) is 9.97. The Bertz CT molecular complexity index is 456. The first kappa shape index (κ1) is 16.4. The number of benzene rings is 1. The molecule has 2 rings (SSSR count). The molecular weight excluding hydrogens is 271 g/mol. The van der Waals surface area contributed by atoms with Crippen LogP contribution >= 0.6 is 0 Å². The second kappa shape index (κ2) is 7.31. The second-order valence-corrected chi connectivity index (χ2v) is 5.99. The molecule has 1 aliphatic heterocycles. The molecule has 3 unspecified atom stereocenters. The van der Waals surface area contributed by atoms with E-state index in [4.69, 9.17) is 0 Å². The van der Waals surface area contributed by atoms with Gasteiger partial charge in [0.25, 0.3) is 0 Å². The van der Waals surface area contributed by atoms with Gasteiger partial charge in [-0.05, 0) is 19.9 Å². The standard InChI is InChI=1S/C16H25FN2O2/c1-12-9-18(7-8-19(12)10-13(2)20)11-16(21)14-5-3-4-6-15(14)17/h3-6,12-13,16,20-21H,7-11H2,1-2H3. The molecule has 5 heteroatoms. The van der Waals surface area contributed by atoms with Gasteiger partial charge >= 0.3 is 0 Å². The third-order valence-corrected chi connectivity index (χ3v) is 4.04. The van der Waals surface area contributed by atoms with Gasteiger partial charge in [-0.15, -0.1) is 0 Å². The fourth-order valence-electron chi connectivity index (χ4n) is 2.94. The van der Waals surface area contributed by atoms with Crippen LogP contribution in [0, 0.1) is 5.82 Å². The van der Waals surface area contributed by atoms with Crippen LogP contribution in [-0.2, 0) is 0 Å². The van der Waals surface area contributed by atoms with Crippen molar-refractivity contribution in [1.29, 1.82) is 0 Å². The van der Waals surface area contributed by atoms with Crippen molar-refractivity contribution in [3.63, 3.8) is 0 Å².